The summed E-state index contributed by atoms with van der Waals surface area (Å²) in [7, 11) is 0.944. The van der Waals surface area contributed by atoms with Crippen LogP contribution in [0.3, 0.4) is 0 Å². The van der Waals surface area contributed by atoms with Crippen LogP contribution in [0, 0.1) is 10.1 Å². The van der Waals surface area contributed by atoms with Gasteiger partial charge in [-0.05, 0) is 0 Å². The van der Waals surface area contributed by atoms with Crippen LogP contribution in [-0.2, 0) is 0 Å². The van der Waals surface area contributed by atoms with E-state index in [4.69, 9.17) is 5.11 Å². The highest BCUT2D eigenvalue weighted by atomic mass is 19.4. The van der Waals surface area contributed by atoms with Crippen LogP contribution in [0.2, 0.25) is 0 Å². The molecule has 17 heavy (non-hydrogen) atoms. The van der Waals surface area contributed by atoms with Crippen molar-refractivity contribution in [3.05, 3.63) is 16.3 Å². The average molecular weight is 254 g/mol. The van der Waals surface area contributed by atoms with Gasteiger partial charge in [0.05, 0.1) is 18.2 Å². The standard InChI is InChI=1S/C7H5F3N2O5/c1-16-5-3(13)2-11-6(4(5)12(14)15)17-7(8,9)10/h2,13H,1H3. The van der Waals surface area contributed by atoms with Crippen LogP contribution in [-0.4, -0.2) is 28.5 Å². The number of nitrogens with zero attached hydrogens (tertiary/aromatic N) is 2. The van der Waals surface area contributed by atoms with Crippen LogP contribution in [0.15, 0.2) is 6.20 Å². The molecule has 0 radical (unpaired) electrons. The van der Waals surface area contributed by atoms with Gasteiger partial charge in [0, 0.05) is 0 Å². The first-order valence-corrected chi connectivity index (χ1v) is 3.92. The molecule has 10 heteroatoms. The fourth-order valence-electron chi connectivity index (χ4n) is 1.00. The number of ether oxygens (including phenoxy) is 2. The summed E-state index contributed by atoms with van der Waals surface area (Å²) in [5.74, 6) is -2.84. The van der Waals surface area contributed by atoms with Gasteiger partial charge in [0.25, 0.3) is 0 Å². The van der Waals surface area contributed by atoms with E-state index in [1.807, 2.05) is 0 Å². The number of nitro groups is 1. The molecule has 1 aromatic rings. The Labute approximate surface area is 91.6 Å². The van der Waals surface area contributed by atoms with E-state index in [1.165, 1.54) is 0 Å². The second-order valence-electron chi connectivity index (χ2n) is 2.64. The predicted octanol–water partition coefficient (Wildman–Crippen LogP) is 1.60. The lowest BCUT2D eigenvalue weighted by molar-refractivity contribution is -0.390. The Hall–Kier alpha value is -2.26. The molecule has 94 valence electrons. The number of methoxy groups -OCH3 is 1. The van der Waals surface area contributed by atoms with Crippen molar-refractivity contribution in [1.29, 1.82) is 0 Å². The molecule has 0 saturated carbocycles. The number of aromatic nitrogens is 1. The molecule has 7 nitrogen and oxygen atoms in total. The summed E-state index contributed by atoms with van der Waals surface area (Å²) in [5.41, 5.74) is -1.20. The van der Waals surface area contributed by atoms with E-state index in [9.17, 15) is 23.3 Å². The van der Waals surface area contributed by atoms with E-state index in [2.05, 4.69) is 14.5 Å². The molecule has 0 aliphatic carbocycles. The molecule has 1 aromatic heterocycles. The van der Waals surface area contributed by atoms with Crippen molar-refractivity contribution in [2.75, 3.05) is 7.11 Å². The fraction of sp³-hybridized carbons (Fsp3) is 0.286. The molecule has 0 aromatic carbocycles. The van der Waals surface area contributed by atoms with Gasteiger partial charge in [-0.2, -0.15) is 0 Å². The highest BCUT2D eigenvalue weighted by Crippen LogP contribution is 2.42. The van der Waals surface area contributed by atoms with Crippen LogP contribution in [0.4, 0.5) is 18.9 Å². The third-order valence-corrected chi connectivity index (χ3v) is 1.55. The van der Waals surface area contributed by atoms with Crippen molar-refractivity contribution >= 4 is 5.69 Å². The van der Waals surface area contributed by atoms with E-state index in [0.717, 1.165) is 7.11 Å². The normalized spacial score (nSPS) is 11.1. The summed E-state index contributed by atoms with van der Waals surface area (Å²) in [4.78, 5) is 12.3. The molecule has 0 atom stereocenters. The third-order valence-electron chi connectivity index (χ3n) is 1.55. The van der Waals surface area contributed by atoms with Gasteiger partial charge < -0.3 is 14.6 Å². The fourth-order valence-corrected chi connectivity index (χ4v) is 1.00. The lowest BCUT2D eigenvalue weighted by Crippen LogP contribution is -2.19. The summed E-state index contributed by atoms with van der Waals surface area (Å²) in [6, 6.07) is 0. The van der Waals surface area contributed by atoms with Crippen LogP contribution in [0.5, 0.6) is 17.4 Å². The topological polar surface area (TPSA) is 94.7 Å². The van der Waals surface area contributed by atoms with Crippen LogP contribution in [0.25, 0.3) is 0 Å². The van der Waals surface area contributed by atoms with Gasteiger partial charge in [0.2, 0.25) is 5.75 Å². The predicted molar refractivity (Wildman–Crippen MR) is 45.8 cm³/mol. The Balaban J connectivity index is 3.36. The maximum atomic E-state index is 11.9. The van der Waals surface area contributed by atoms with Gasteiger partial charge in [-0.15, -0.1) is 13.2 Å². The molecule has 0 saturated heterocycles. The number of alkyl halides is 3. The zero-order chi connectivity index (χ0) is 13.2. The van der Waals surface area contributed by atoms with Gasteiger partial charge in [0.1, 0.15) is 0 Å². The zero-order valence-electron chi connectivity index (χ0n) is 8.19. The number of aromatic hydroxyl groups is 1. The van der Waals surface area contributed by atoms with E-state index >= 15 is 0 Å². The third kappa shape index (κ3) is 2.86. The molecule has 1 rings (SSSR count). The highest BCUT2D eigenvalue weighted by molar-refractivity contribution is 5.59. The Morgan fingerprint density at radius 1 is 1.53 bits per heavy atom. The van der Waals surface area contributed by atoms with Crippen molar-refractivity contribution in [1.82, 2.24) is 4.98 Å². The van der Waals surface area contributed by atoms with Gasteiger partial charge >= 0.3 is 17.9 Å². The lowest BCUT2D eigenvalue weighted by Gasteiger charge is -2.10. The quantitative estimate of drug-likeness (QED) is 0.650. The Morgan fingerprint density at radius 3 is 2.53 bits per heavy atom. The average Bonchev–Trinajstić information content (AvgIpc) is 2.17. The first kappa shape index (κ1) is 12.8. The van der Waals surface area contributed by atoms with E-state index in [0.29, 0.717) is 6.20 Å². The highest BCUT2D eigenvalue weighted by Gasteiger charge is 2.38. The van der Waals surface area contributed by atoms with Crippen molar-refractivity contribution in [2.24, 2.45) is 0 Å². The molecule has 0 amide bonds. The van der Waals surface area contributed by atoms with Gasteiger partial charge in [0.15, 0.2) is 5.75 Å². The zero-order valence-corrected chi connectivity index (χ0v) is 8.19. The maximum absolute atomic E-state index is 11.9. The molecule has 0 spiro atoms. The first-order chi connectivity index (χ1) is 7.76. The van der Waals surface area contributed by atoms with E-state index in [1.54, 1.807) is 0 Å². The number of hydrogen-bond donors (Lipinski definition) is 1. The van der Waals surface area contributed by atoms with E-state index < -0.39 is 34.4 Å². The Bertz CT molecular complexity index is 448. The number of pyridine rings is 1. The van der Waals surface area contributed by atoms with Crippen LogP contribution < -0.4 is 9.47 Å². The maximum Gasteiger partial charge on any atom is 0.574 e. The first-order valence-electron chi connectivity index (χ1n) is 3.92. The molecule has 0 aliphatic heterocycles. The summed E-state index contributed by atoms with van der Waals surface area (Å²) >= 11 is 0. The second-order valence-corrected chi connectivity index (χ2v) is 2.64. The molecule has 0 unspecified atom stereocenters. The summed E-state index contributed by atoms with van der Waals surface area (Å²) < 4.78 is 43.6. The molecule has 1 heterocycles. The van der Waals surface area contributed by atoms with E-state index in [-0.39, 0.29) is 0 Å². The van der Waals surface area contributed by atoms with Crippen molar-refractivity contribution in [2.45, 2.75) is 6.36 Å². The van der Waals surface area contributed by atoms with Gasteiger partial charge in [-0.3, -0.25) is 10.1 Å². The summed E-state index contributed by atoms with van der Waals surface area (Å²) in [6.07, 6.45) is -4.59. The lowest BCUT2D eigenvalue weighted by atomic mass is 10.3. The van der Waals surface area contributed by atoms with Gasteiger partial charge in [-0.25, -0.2) is 4.98 Å². The second kappa shape index (κ2) is 4.31. The van der Waals surface area contributed by atoms with Crippen LogP contribution in [0.1, 0.15) is 0 Å². The number of halogens is 3. The monoisotopic (exact) mass is 254 g/mol. The van der Waals surface area contributed by atoms with Crippen molar-refractivity contribution in [3.63, 3.8) is 0 Å². The molecular weight excluding hydrogens is 249 g/mol. The molecule has 0 aliphatic rings. The molecule has 0 fully saturated rings. The number of rotatable bonds is 3. The minimum absolute atomic E-state index is 0.549. The molecule has 0 bridgehead atoms. The summed E-state index contributed by atoms with van der Waals surface area (Å²) in [6.45, 7) is 0. The number of hydrogen-bond acceptors (Lipinski definition) is 6. The van der Waals surface area contributed by atoms with Crippen molar-refractivity contribution in [3.8, 4) is 17.4 Å². The Morgan fingerprint density at radius 2 is 2.12 bits per heavy atom. The smallest absolute Gasteiger partial charge is 0.503 e. The molecule has 1 N–H and O–H groups in total. The minimum atomic E-state index is -5.14. The largest absolute Gasteiger partial charge is 0.574 e. The summed E-state index contributed by atoms with van der Waals surface area (Å²) in [5, 5.41) is 19.7. The Kier molecular flexibility index (Phi) is 3.25. The molecular formula is C7H5F3N2O5. The SMILES string of the molecule is COc1c(O)cnc(OC(F)(F)F)c1[N+](=O)[O-]. The van der Waals surface area contributed by atoms with Crippen LogP contribution >= 0.6 is 0 Å². The minimum Gasteiger partial charge on any atom is -0.503 e. The van der Waals surface area contributed by atoms with Gasteiger partial charge in [-0.1, -0.05) is 0 Å². The van der Waals surface area contributed by atoms with Crippen molar-refractivity contribution < 1.29 is 32.7 Å².